The molecule has 4 rings (SSSR count). The van der Waals surface area contributed by atoms with Crippen LogP contribution in [0.3, 0.4) is 0 Å². The summed E-state index contributed by atoms with van der Waals surface area (Å²) in [5, 5.41) is 19.7. The van der Waals surface area contributed by atoms with Crippen molar-refractivity contribution in [2.24, 2.45) is 5.92 Å². The highest BCUT2D eigenvalue weighted by atomic mass is 15.4. The van der Waals surface area contributed by atoms with E-state index in [0.29, 0.717) is 12.5 Å². The molecule has 0 aliphatic carbocycles. The average molecular weight is 403 g/mol. The SMILES string of the molecule is Cc1ccccc1N(C#N)C(=N)N1CCN(c2ncnc3[nH]ccc23)CC1C(C)C. The summed E-state index contributed by atoms with van der Waals surface area (Å²) in [5.74, 6) is 1.43. The summed E-state index contributed by atoms with van der Waals surface area (Å²) in [6, 6.07) is 9.76. The molecule has 1 aliphatic heterocycles. The number of aryl methyl sites for hydroxylation is 1. The zero-order valence-electron chi connectivity index (χ0n) is 17.5. The van der Waals surface area contributed by atoms with Crippen LogP contribution < -0.4 is 9.80 Å². The molecular weight excluding hydrogens is 376 g/mol. The van der Waals surface area contributed by atoms with Gasteiger partial charge in [0.05, 0.1) is 17.1 Å². The van der Waals surface area contributed by atoms with Gasteiger partial charge in [0, 0.05) is 25.8 Å². The Morgan fingerprint density at radius 3 is 2.80 bits per heavy atom. The van der Waals surface area contributed by atoms with E-state index in [0.717, 1.165) is 41.2 Å². The predicted octanol–water partition coefficient (Wildman–Crippen LogP) is 3.34. The fourth-order valence-electron chi connectivity index (χ4n) is 4.10. The van der Waals surface area contributed by atoms with Gasteiger partial charge in [-0.3, -0.25) is 5.41 Å². The first-order chi connectivity index (χ1) is 14.5. The van der Waals surface area contributed by atoms with E-state index in [1.54, 1.807) is 6.33 Å². The third-order valence-electron chi connectivity index (χ3n) is 5.76. The van der Waals surface area contributed by atoms with E-state index in [1.165, 1.54) is 4.90 Å². The summed E-state index contributed by atoms with van der Waals surface area (Å²) < 4.78 is 0. The molecule has 8 nitrogen and oxygen atoms in total. The number of guanidine groups is 1. The van der Waals surface area contributed by atoms with Gasteiger partial charge in [-0.05, 0) is 30.5 Å². The van der Waals surface area contributed by atoms with Gasteiger partial charge in [-0.2, -0.15) is 5.26 Å². The molecule has 30 heavy (non-hydrogen) atoms. The minimum Gasteiger partial charge on any atom is -0.352 e. The summed E-state index contributed by atoms with van der Waals surface area (Å²) in [6.07, 6.45) is 5.67. The lowest BCUT2D eigenvalue weighted by molar-refractivity contribution is 0.221. The number of hydrogen-bond donors (Lipinski definition) is 2. The van der Waals surface area contributed by atoms with Gasteiger partial charge in [0.2, 0.25) is 5.96 Å². The van der Waals surface area contributed by atoms with Crippen molar-refractivity contribution in [1.29, 1.82) is 10.7 Å². The number of nitrogens with zero attached hydrogens (tertiary/aromatic N) is 6. The smallest absolute Gasteiger partial charge is 0.212 e. The zero-order chi connectivity index (χ0) is 21.3. The number of nitrogens with one attached hydrogen (secondary N) is 2. The molecule has 1 atom stereocenters. The fraction of sp³-hybridized carbons (Fsp3) is 0.364. The van der Waals surface area contributed by atoms with Crippen molar-refractivity contribution in [3.63, 3.8) is 0 Å². The highest BCUT2D eigenvalue weighted by Crippen LogP contribution is 2.28. The Kier molecular flexibility index (Phi) is 5.27. The van der Waals surface area contributed by atoms with Crippen LogP contribution in [0.15, 0.2) is 42.9 Å². The van der Waals surface area contributed by atoms with Crippen molar-refractivity contribution < 1.29 is 0 Å². The van der Waals surface area contributed by atoms with Crippen LogP contribution in [0.1, 0.15) is 19.4 Å². The molecule has 0 radical (unpaired) electrons. The van der Waals surface area contributed by atoms with Gasteiger partial charge in [0.1, 0.15) is 17.8 Å². The van der Waals surface area contributed by atoms with Crippen LogP contribution in [0.2, 0.25) is 0 Å². The Labute approximate surface area is 176 Å². The summed E-state index contributed by atoms with van der Waals surface area (Å²) in [7, 11) is 0. The topological polar surface area (TPSA) is 98.9 Å². The van der Waals surface area contributed by atoms with Gasteiger partial charge in [-0.1, -0.05) is 32.0 Å². The monoisotopic (exact) mass is 402 g/mol. The van der Waals surface area contributed by atoms with Crippen LogP contribution in [0.4, 0.5) is 11.5 Å². The summed E-state index contributed by atoms with van der Waals surface area (Å²) in [5.41, 5.74) is 2.55. The number of fused-ring (bicyclic) bond motifs is 1. The van der Waals surface area contributed by atoms with Crippen LogP contribution >= 0.6 is 0 Å². The van der Waals surface area contributed by atoms with Gasteiger partial charge in [-0.15, -0.1) is 0 Å². The number of benzene rings is 1. The van der Waals surface area contributed by atoms with E-state index in [9.17, 15) is 5.26 Å². The Balaban J connectivity index is 1.61. The van der Waals surface area contributed by atoms with Crippen molar-refractivity contribution in [3.05, 3.63) is 48.4 Å². The Morgan fingerprint density at radius 1 is 1.27 bits per heavy atom. The molecule has 2 aromatic heterocycles. The molecule has 1 aliphatic rings. The molecule has 3 aromatic rings. The Bertz CT molecular complexity index is 1100. The predicted molar refractivity (Wildman–Crippen MR) is 118 cm³/mol. The second kappa shape index (κ2) is 8.03. The Morgan fingerprint density at radius 2 is 2.07 bits per heavy atom. The van der Waals surface area contributed by atoms with E-state index in [4.69, 9.17) is 5.41 Å². The Hall–Kier alpha value is -3.60. The summed E-state index contributed by atoms with van der Waals surface area (Å²) >= 11 is 0. The number of aromatic nitrogens is 3. The molecule has 154 valence electrons. The van der Waals surface area contributed by atoms with E-state index < -0.39 is 0 Å². The number of piperazine rings is 1. The third-order valence-corrected chi connectivity index (χ3v) is 5.76. The van der Waals surface area contributed by atoms with Crippen molar-refractivity contribution in [3.8, 4) is 6.19 Å². The molecule has 1 fully saturated rings. The first-order valence-electron chi connectivity index (χ1n) is 10.1. The minimum absolute atomic E-state index is 0.0788. The van der Waals surface area contributed by atoms with Gasteiger partial charge < -0.3 is 14.8 Å². The summed E-state index contributed by atoms with van der Waals surface area (Å²) in [6.45, 7) is 8.36. The maximum absolute atomic E-state index is 9.83. The molecule has 0 bridgehead atoms. The number of rotatable bonds is 3. The number of hydrogen-bond acceptors (Lipinski definition) is 5. The number of H-pyrrole nitrogens is 1. The van der Waals surface area contributed by atoms with E-state index in [2.05, 4.69) is 39.9 Å². The maximum Gasteiger partial charge on any atom is 0.212 e. The van der Waals surface area contributed by atoms with Crippen molar-refractivity contribution >= 4 is 28.5 Å². The standard InChI is InChI=1S/C22H26N8/c1-15(2)19-12-28(21-17-8-9-25-20(17)26-14-27-21)10-11-29(19)22(24)30(13-23)18-7-5-4-6-16(18)3/h4-9,14-15,19,24H,10-12H2,1-3H3,(H,25,26,27). The summed E-state index contributed by atoms with van der Waals surface area (Å²) in [4.78, 5) is 17.7. The number of nitriles is 1. The third kappa shape index (κ3) is 3.43. The van der Waals surface area contributed by atoms with E-state index >= 15 is 0 Å². The van der Waals surface area contributed by atoms with E-state index in [1.807, 2.05) is 48.4 Å². The minimum atomic E-state index is 0.0788. The molecule has 3 heterocycles. The quantitative estimate of drug-likeness (QED) is 0.302. The van der Waals surface area contributed by atoms with Crippen molar-refractivity contribution in [1.82, 2.24) is 19.9 Å². The zero-order valence-corrected chi connectivity index (χ0v) is 17.5. The van der Waals surface area contributed by atoms with Crippen molar-refractivity contribution in [2.75, 3.05) is 29.4 Å². The molecule has 2 N–H and O–H groups in total. The molecule has 0 amide bonds. The molecule has 1 unspecified atom stereocenters. The lowest BCUT2D eigenvalue weighted by Gasteiger charge is -2.45. The highest BCUT2D eigenvalue weighted by Gasteiger charge is 2.34. The maximum atomic E-state index is 9.83. The fourth-order valence-corrected chi connectivity index (χ4v) is 4.10. The average Bonchev–Trinajstić information content (AvgIpc) is 3.24. The first kappa shape index (κ1) is 19.7. The number of aromatic amines is 1. The second-order valence-corrected chi connectivity index (χ2v) is 7.93. The lowest BCUT2D eigenvalue weighted by atomic mass is 9.99. The van der Waals surface area contributed by atoms with Crippen LogP contribution in [-0.2, 0) is 0 Å². The lowest BCUT2D eigenvalue weighted by Crippen LogP contribution is -2.60. The molecule has 8 heteroatoms. The normalized spacial score (nSPS) is 16.7. The number of anilines is 2. The molecule has 1 aromatic carbocycles. The molecule has 1 saturated heterocycles. The molecule has 0 saturated carbocycles. The van der Waals surface area contributed by atoms with Gasteiger partial charge in [0.25, 0.3) is 0 Å². The highest BCUT2D eigenvalue weighted by molar-refractivity contribution is 5.97. The van der Waals surface area contributed by atoms with Crippen molar-refractivity contribution in [2.45, 2.75) is 26.8 Å². The molecule has 0 spiro atoms. The second-order valence-electron chi connectivity index (χ2n) is 7.93. The first-order valence-corrected chi connectivity index (χ1v) is 10.1. The van der Waals surface area contributed by atoms with Crippen LogP contribution in [-0.4, -0.2) is 51.5 Å². The number of para-hydroxylation sites is 1. The van der Waals surface area contributed by atoms with Crippen LogP contribution in [0.25, 0.3) is 11.0 Å². The largest absolute Gasteiger partial charge is 0.352 e. The van der Waals surface area contributed by atoms with Gasteiger partial charge >= 0.3 is 0 Å². The van der Waals surface area contributed by atoms with Crippen LogP contribution in [0, 0.1) is 29.7 Å². The molecular formula is C22H26N8. The van der Waals surface area contributed by atoms with Crippen LogP contribution in [0.5, 0.6) is 0 Å². The van der Waals surface area contributed by atoms with Gasteiger partial charge in [0.15, 0.2) is 6.19 Å². The van der Waals surface area contributed by atoms with Gasteiger partial charge in [-0.25, -0.2) is 14.9 Å². The van der Waals surface area contributed by atoms with E-state index in [-0.39, 0.29) is 12.0 Å².